The summed E-state index contributed by atoms with van der Waals surface area (Å²) in [4.78, 5) is 0. The minimum Gasteiger partial charge on any atom is -0.374 e. The Kier molecular flexibility index (Phi) is 3.33. The Bertz CT molecular complexity index is 151. The molecule has 0 amide bonds. The highest BCUT2D eigenvalue weighted by molar-refractivity contribution is 4.85. The fourth-order valence-electron chi connectivity index (χ4n) is 1.81. The number of hydrogen-bond acceptors (Lipinski definition) is 1. The molecule has 70 valence electrons. The second-order valence-electron chi connectivity index (χ2n) is 4.19. The molecule has 3 atom stereocenters. The van der Waals surface area contributed by atoms with Crippen LogP contribution in [-0.2, 0) is 4.74 Å². The minimum atomic E-state index is 0.426. The molecule has 0 aliphatic carbocycles. The van der Waals surface area contributed by atoms with E-state index in [9.17, 15) is 0 Å². The molecule has 0 aromatic rings. The molecule has 1 aliphatic heterocycles. The van der Waals surface area contributed by atoms with Gasteiger partial charge in [-0.1, -0.05) is 26.8 Å². The quantitative estimate of drug-likeness (QED) is 0.589. The van der Waals surface area contributed by atoms with Crippen molar-refractivity contribution in [3.63, 3.8) is 0 Å². The van der Waals surface area contributed by atoms with E-state index in [1.165, 1.54) is 6.42 Å². The summed E-state index contributed by atoms with van der Waals surface area (Å²) in [6.45, 7) is 10.5. The standard InChI is InChI=1S/C11H20O/c1-5-6-10-9(4)7-11(12-10)8(2)3/h5,8-11H,1,6-7H2,2-4H3/t9-,10+,11-/m0/s1. The van der Waals surface area contributed by atoms with Crippen molar-refractivity contribution in [2.24, 2.45) is 11.8 Å². The molecule has 1 heteroatoms. The largest absolute Gasteiger partial charge is 0.374 e. The summed E-state index contributed by atoms with van der Waals surface area (Å²) in [7, 11) is 0. The molecule has 0 N–H and O–H groups in total. The maximum atomic E-state index is 5.90. The Morgan fingerprint density at radius 3 is 2.67 bits per heavy atom. The van der Waals surface area contributed by atoms with Gasteiger partial charge in [0.1, 0.15) is 0 Å². The predicted octanol–water partition coefficient (Wildman–Crippen LogP) is 3.01. The molecule has 0 bridgehead atoms. The van der Waals surface area contributed by atoms with E-state index in [4.69, 9.17) is 4.74 Å². The van der Waals surface area contributed by atoms with Crippen LogP contribution in [0.2, 0.25) is 0 Å². The van der Waals surface area contributed by atoms with E-state index in [1.807, 2.05) is 6.08 Å². The van der Waals surface area contributed by atoms with E-state index >= 15 is 0 Å². The lowest BCUT2D eigenvalue weighted by Gasteiger charge is -2.15. The zero-order chi connectivity index (χ0) is 9.14. The smallest absolute Gasteiger partial charge is 0.0639 e. The van der Waals surface area contributed by atoms with E-state index < -0.39 is 0 Å². The van der Waals surface area contributed by atoms with Gasteiger partial charge >= 0.3 is 0 Å². The zero-order valence-corrected chi connectivity index (χ0v) is 8.42. The third-order valence-corrected chi connectivity index (χ3v) is 2.73. The fraction of sp³-hybridized carbons (Fsp3) is 0.818. The van der Waals surface area contributed by atoms with Crippen molar-refractivity contribution in [1.29, 1.82) is 0 Å². The van der Waals surface area contributed by atoms with E-state index in [1.54, 1.807) is 0 Å². The number of rotatable bonds is 3. The first kappa shape index (κ1) is 9.79. The van der Waals surface area contributed by atoms with Crippen LogP contribution in [0.3, 0.4) is 0 Å². The average Bonchev–Trinajstić information content (AvgIpc) is 2.34. The van der Waals surface area contributed by atoms with E-state index in [0.717, 1.165) is 6.42 Å². The van der Waals surface area contributed by atoms with Gasteiger partial charge in [0.2, 0.25) is 0 Å². The van der Waals surface area contributed by atoms with Crippen molar-refractivity contribution < 1.29 is 4.74 Å². The van der Waals surface area contributed by atoms with Crippen LogP contribution in [-0.4, -0.2) is 12.2 Å². The summed E-state index contributed by atoms with van der Waals surface area (Å²) in [6.07, 6.45) is 5.09. The molecule has 12 heavy (non-hydrogen) atoms. The highest BCUT2D eigenvalue weighted by Gasteiger charge is 2.32. The second kappa shape index (κ2) is 4.08. The highest BCUT2D eigenvalue weighted by atomic mass is 16.5. The molecule has 0 spiro atoms. The summed E-state index contributed by atoms with van der Waals surface area (Å²) in [6, 6.07) is 0. The monoisotopic (exact) mass is 168 g/mol. The van der Waals surface area contributed by atoms with Crippen molar-refractivity contribution in [2.45, 2.75) is 45.8 Å². The topological polar surface area (TPSA) is 9.23 Å². The Morgan fingerprint density at radius 2 is 2.25 bits per heavy atom. The van der Waals surface area contributed by atoms with E-state index in [2.05, 4.69) is 27.4 Å². The molecule has 1 fully saturated rings. The van der Waals surface area contributed by atoms with Crippen molar-refractivity contribution in [2.75, 3.05) is 0 Å². The lowest BCUT2D eigenvalue weighted by molar-refractivity contribution is 0.0148. The minimum absolute atomic E-state index is 0.426. The van der Waals surface area contributed by atoms with Crippen LogP contribution in [0, 0.1) is 11.8 Å². The Balaban J connectivity index is 2.44. The summed E-state index contributed by atoms with van der Waals surface area (Å²) in [5.74, 6) is 1.36. The molecule has 0 radical (unpaired) electrons. The molecule has 0 aromatic carbocycles. The van der Waals surface area contributed by atoms with Crippen LogP contribution in [0.1, 0.15) is 33.6 Å². The Hall–Kier alpha value is -0.300. The molecule has 1 aliphatic rings. The van der Waals surface area contributed by atoms with Gasteiger partial charge in [-0.3, -0.25) is 0 Å². The van der Waals surface area contributed by atoms with Crippen LogP contribution in [0.5, 0.6) is 0 Å². The van der Waals surface area contributed by atoms with E-state index in [0.29, 0.717) is 24.0 Å². The molecular weight excluding hydrogens is 148 g/mol. The summed E-state index contributed by atoms with van der Waals surface area (Å²) in [5, 5.41) is 0. The third kappa shape index (κ3) is 2.10. The zero-order valence-electron chi connectivity index (χ0n) is 8.42. The fourth-order valence-corrected chi connectivity index (χ4v) is 1.81. The first-order valence-corrected chi connectivity index (χ1v) is 4.91. The van der Waals surface area contributed by atoms with Crippen molar-refractivity contribution in [1.82, 2.24) is 0 Å². The van der Waals surface area contributed by atoms with Crippen LogP contribution in [0.25, 0.3) is 0 Å². The third-order valence-electron chi connectivity index (χ3n) is 2.73. The van der Waals surface area contributed by atoms with Gasteiger partial charge in [-0.25, -0.2) is 0 Å². The summed E-state index contributed by atoms with van der Waals surface area (Å²) in [5.41, 5.74) is 0. The predicted molar refractivity (Wildman–Crippen MR) is 52.1 cm³/mol. The maximum absolute atomic E-state index is 5.90. The van der Waals surface area contributed by atoms with Gasteiger partial charge in [0.25, 0.3) is 0 Å². The van der Waals surface area contributed by atoms with E-state index in [-0.39, 0.29) is 0 Å². The first-order chi connectivity index (χ1) is 5.65. The van der Waals surface area contributed by atoms with Crippen LogP contribution >= 0.6 is 0 Å². The molecule has 1 heterocycles. The molecule has 1 nitrogen and oxygen atoms in total. The van der Waals surface area contributed by atoms with Crippen molar-refractivity contribution in [3.8, 4) is 0 Å². The Labute approximate surface area is 75.8 Å². The summed E-state index contributed by atoms with van der Waals surface area (Å²) >= 11 is 0. The average molecular weight is 168 g/mol. The van der Waals surface area contributed by atoms with Gasteiger partial charge in [0.15, 0.2) is 0 Å². The number of ether oxygens (including phenoxy) is 1. The molecule has 0 unspecified atom stereocenters. The van der Waals surface area contributed by atoms with Gasteiger partial charge in [-0.15, -0.1) is 6.58 Å². The van der Waals surface area contributed by atoms with Crippen LogP contribution in [0.15, 0.2) is 12.7 Å². The SMILES string of the molecule is C=CC[C@H]1O[C@H](C(C)C)C[C@@H]1C. The molecule has 1 saturated heterocycles. The van der Waals surface area contributed by atoms with Gasteiger partial charge in [-0.05, 0) is 24.7 Å². The van der Waals surface area contributed by atoms with Crippen LogP contribution in [0.4, 0.5) is 0 Å². The van der Waals surface area contributed by atoms with Crippen LogP contribution < -0.4 is 0 Å². The maximum Gasteiger partial charge on any atom is 0.0639 e. The molecule has 1 rings (SSSR count). The van der Waals surface area contributed by atoms with Gasteiger partial charge < -0.3 is 4.74 Å². The summed E-state index contributed by atoms with van der Waals surface area (Å²) < 4.78 is 5.90. The Morgan fingerprint density at radius 1 is 1.58 bits per heavy atom. The second-order valence-corrected chi connectivity index (χ2v) is 4.19. The van der Waals surface area contributed by atoms with Gasteiger partial charge in [0, 0.05) is 0 Å². The molecular formula is C11H20O. The highest BCUT2D eigenvalue weighted by Crippen LogP contribution is 2.31. The molecule has 0 saturated carbocycles. The van der Waals surface area contributed by atoms with Gasteiger partial charge in [-0.2, -0.15) is 0 Å². The first-order valence-electron chi connectivity index (χ1n) is 4.91. The van der Waals surface area contributed by atoms with Crippen molar-refractivity contribution in [3.05, 3.63) is 12.7 Å². The number of hydrogen-bond donors (Lipinski definition) is 0. The normalized spacial score (nSPS) is 35.8. The lowest BCUT2D eigenvalue weighted by atomic mass is 9.96. The lowest BCUT2D eigenvalue weighted by Crippen LogP contribution is -2.16. The van der Waals surface area contributed by atoms with Gasteiger partial charge in [0.05, 0.1) is 12.2 Å². The van der Waals surface area contributed by atoms with Crippen molar-refractivity contribution >= 4 is 0 Å². The molecule has 0 aromatic heterocycles.